The van der Waals surface area contributed by atoms with Gasteiger partial charge in [-0.25, -0.2) is 0 Å². The van der Waals surface area contributed by atoms with Gasteiger partial charge in [-0.05, 0) is 38.8 Å². The number of aryl methyl sites for hydroxylation is 1. The normalized spacial score (nSPS) is 19.0. The molecule has 2 aromatic rings. The molecule has 1 aromatic heterocycles. The predicted molar refractivity (Wildman–Crippen MR) is 87.2 cm³/mol. The van der Waals surface area contributed by atoms with Gasteiger partial charge in [-0.15, -0.1) is 0 Å². The Morgan fingerprint density at radius 3 is 2.95 bits per heavy atom. The molecule has 1 aliphatic heterocycles. The minimum atomic E-state index is 0.125. The molecule has 5 heteroatoms. The Balaban J connectivity index is 1.85. The standard InChI is InChI=1S/C17H20ClN3O/c1-11-17(20-8-7-19-11)12(2)21-15-4-3-9-22-16-10-13(18)5-6-14(15)16/h5-8,10,12,15,21H,3-4,9H2,1-2H3. The first-order valence-corrected chi connectivity index (χ1v) is 7.99. The Bertz CT molecular complexity index is 662. The average molecular weight is 318 g/mol. The highest BCUT2D eigenvalue weighted by molar-refractivity contribution is 6.30. The van der Waals surface area contributed by atoms with Crippen molar-refractivity contribution in [1.29, 1.82) is 0 Å². The monoisotopic (exact) mass is 317 g/mol. The molecule has 22 heavy (non-hydrogen) atoms. The van der Waals surface area contributed by atoms with Gasteiger partial charge in [-0.1, -0.05) is 17.7 Å². The third-order valence-corrected chi connectivity index (χ3v) is 4.26. The van der Waals surface area contributed by atoms with Crippen LogP contribution in [0.5, 0.6) is 5.75 Å². The average Bonchev–Trinajstić information content (AvgIpc) is 2.69. The summed E-state index contributed by atoms with van der Waals surface area (Å²) < 4.78 is 5.82. The minimum absolute atomic E-state index is 0.125. The van der Waals surface area contributed by atoms with E-state index in [0.29, 0.717) is 5.02 Å². The number of hydrogen-bond acceptors (Lipinski definition) is 4. The number of ether oxygens (including phenoxy) is 1. The number of aromatic nitrogens is 2. The topological polar surface area (TPSA) is 47.0 Å². The molecule has 0 aliphatic carbocycles. The van der Waals surface area contributed by atoms with Crippen molar-refractivity contribution < 1.29 is 4.74 Å². The molecule has 1 aliphatic rings. The second-order valence-electron chi connectivity index (χ2n) is 5.64. The van der Waals surface area contributed by atoms with Crippen LogP contribution in [0.25, 0.3) is 0 Å². The Kier molecular flexibility index (Phi) is 4.60. The Morgan fingerprint density at radius 1 is 1.32 bits per heavy atom. The van der Waals surface area contributed by atoms with E-state index in [1.54, 1.807) is 12.4 Å². The number of halogens is 1. The van der Waals surface area contributed by atoms with Gasteiger partial charge in [0.05, 0.1) is 18.0 Å². The zero-order valence-corrected chi connectivity index (χ0v) is 13.6. The number of hydrogen-bond donors (Lipinski definition) is 1. The Morgan fingerprint density at radius 2 is 2.14 bits per heavy atom. The lowest BCUT2D eigenvalue weighted by Crippen LogP contribution is -2.26. The van der Waals surface area contributed by atoms with Crippen molar-refractivity contribution in [2.75, 3.05) is 6.61 Å². The van der Waals surface area contributed by atoms with Crippen molar-refractivity contribution in [3.05, 3.63) is 52.6 Å². The van der Waals surface area contributed by atoms with Crippen molar-refractivity contribution >= 4 is 11.6 Å². The number of nitrogens with one attached hydrogen (secondary N) is 1. The molecule has 116 valence electrons. The highest BCUT2D eigenvalue weighted by Crippen LogP contribution is 2.34. The van der Waals surface area contributed by atoms with E-state index in [1.807, 2.05) is 19.1 Å². The van der Waals surface area contributed by atoms with Crippen molar-refractivity contribution in [2.45, 2.75) is 38.8 Å². The van der Waals surface area contributed by atoms with Crippen molar-refractivity contribution in [3.8, 4) is 5.75 Å². The predicted octanol–water partition coefficient (Wildman–Crippen LogP) is 4.00. The summed E-state index contributed by atoms with van der Waals surface area (Å²) in [6, 6.07) is 6.22. The van der Waals surface area contributed by atoms with Crippen LogP contribution >= 0.6 is 11.6 Å². The van der Waals surface area contributed by atoms with Crippen LogP contribution in [-0.2, 0) is 0 Å². The number of nitrogens with zero attached hydrogens (tertiary/aromatic N) is 2. The maximum Gasteiger partial charge on any atom is 0.125 e. The fraction of sp³-hybridized carbons (Fsp3) is 0.412. The molecular weight excluding hydrogens is 298 g/mol. The second kappa shape index (κ2) is 6.63. The number of rotatable bonds is 3. The molecule has 3 rings (SSSR count). The summed E-state index contributed by atoms with van der Waals surface area (Å²) >= 11 is 6.08. The van der Waals surface area contributed by atoms with E-state index in [9.17, 15) is 0 Å². The molecule has 0 saturated carbocycles. The Hall–Kier alpha value is -1.65. The van der Waals surface area contributed by atoms with Crippen LogP contribution in [0.4, 0.5) is 0 Å². The summed E-state index contributed by atoms with van der Waals surface area (Å²) in [5, 5.41) is 4.37. The van der Waals surface area contributed by atoms with Gasteiger partial charge >= 0.3 is 0 Å². The first kappa shape index (κ1) is 15.3. The molecule has 0 radical (unpaired) electrons. The van der Waals surface area contributed by atoms with Crippen molar-refractivity contribution in [1.82, 2.24) is 15.3 Å². The summed E-state index contributed by atoms with van der Waals surface area (Å²) in [4.78, 5) is 8.78. The third-order valence-electron chi connectivity index (χ3n) is 4.03. The van der Waals surface area contributed by atoms with E-state index in [-0.39, 0.29) is 12.1 Å². The lowest BCUT2D eigenvalue weighted by molar-refractivity contribution is 0.314. The lowest BCUT2D eigenvalue weighted by atomic mass is 10.0. The van der Waals surface area contributed by atoms with E-state index < -0.39 is 0 Å². The van der Waals surface area contributed by atoms with Gasteiger partial charge < -0.3 is 10.1 Å². The lowest BCUT2D eigenvalue weighted by Gasteiger charge is -2.23. The van der Waals surface area contributed by atoms with E-state index in [2.05, 4.69) is 28.3 Å². The smallest absolute Gasteiger partial charge is 0.125 e. The zero-order valence-electron chi connectivity index (χ0n) is 12.8. The summed E-state index contributed by atoms with van der Waals surface area (Å²) in [5.74, 6) is 0.880. The maximum absolute atomic E-state index is 6.08. The fourth-order valence-electron chi connectivity index (χ4n) is 2.94. The van der Waals surface area contributed by atoms with Crippen LogP contribution in [-0.4, -0.2) is 16.6 Å². The van der Waals surface area contributed by atoms with Crippen LogP contribution in [0.15, 0.2) is 30.6 Å². The Labute approximate surface area is 135 Å². The largest absolute Gasteiger partial charge is 0.493 e. The number of fused-ring (bicyclic) bond motifs is 1. The first-order chi connectivity index (χ1) is 10.6. The van der Waals surface area contributed by atoms with Crippen molar-refractivity contribution in [3.63, 3.8) is 0 Å². The molecule has 0 bridgehead atoms. The van der Waals surface area contributed by atoms with E-state index >= 15 is 0 Å². The van der Waals surface area contributed by atoms with Gasteiger partial charge in [0.15, 0.2) is 0 Å². The van der Waals surface area contributed by atoms with Crippen LogP contribution in [0.3, 0.4) is 0 Å². The van der Waals surface area contributed by atoms with Crippen LogP contribution < -0.4 is 10.1 Å². The van der Waals surface area contributed by atoms with Crippen LogP contribution in [0.2, 0.25) is 5.02 Å². The van der Waals surface area contributed by atoms with Crippen LogP contribution in [0, 0.1) is 6.92 Å². The summed E-state index contributed by atoms with van der Waals surface area (Å²) in [6.07, 6.45) is 5.50. The minimum Gasteiger partial charge on any atom is -0.493 e. The first-order valence-electron chi connectivity index (χ1n) is 7.61. The van der Waals surface area contributed by atoms with E-state index in [4.69, 9.17) is 16.3 Å². The maximum atomic E-state index is 6.08. The third kappa shape index (κ3) is 3.23. The second-order valence-corrected chi connectivity index (χ2v) is 6.08. The highest BCUT2D eigenvalue weighted by atomic mass is 35.5. The molecule has 1 aromatic carbocycles. The van der Waals surface area contributed by atoms with E-state index in [0.717, 1.165) is 42.1 Å². The van der Waals surface area contributed by atoms with Gasteiger partial charge in [0, 0.05) is 35.1 Å². The molecule has 4 nitrogen and oxygen atoms in total. The highest BCUT2D eigenvalue weighted by Gasteiger charge is 2.23. The quantitative estimate of drug-likeness (QED) is 0.929. The van der Waals surface area contributed by atoms with Gasteiger partial charge in [-0.2, -0.15) is 0 Å². The molecule has 0 fully saturated rings. The fourth-order valence-corrected chi connectivity index (χ4v) is 3.11. The molecule has 0 spiro atoms. The molecule has 2 unspecified atom stereocenters. The number of benzene rings is 1. The van der Waals surface area contributed by atoms with Gasteiger partial charge in [0.1, 0.15) is 5.75 Å². The van der Waals surface area contributed by atoms with Gasteiger partial charge in [0.25, 0.3) is 0 Å². The zero-order chi connectivity index (χ0) is 15.5. The van der Waals surface area contributed by atoms with E-state index in [1.165, 1.54) is 0 Å². The summed E-state index contributed by atoms with van der Waals surface area (Å²) in [6.45, 7) is 4.84. The molecule has 0 saturated heterocycles. The summed E-state index contributed by atoms with van der Waals surface area (Å²) in [5.41, 5.74) is 3.11. The SMILES string of the molecule is Cc1nccnc1C(C)NC1CCCOc2cc(Cl)ccc21. The van der Waals surface area contributed by atoms with Gasteiger partial charge in [0.2, 0.25) is 0 Å². The van der Waals surface area contributed by atoms with Crippen LogP contribution in [0.1, 0.15) is 48.8 Å². The van der Waals surface area contributed by atoms with Crippen molar-refractivity contribution in [2.24, 2.45) is 0 Å². The molecular formula is C17H20ClN3O. The molecule has 0 amide bonds. The van der Waals surface area contributed by atoms with Gasteiger partial charge in [-0.3, -0.25) is 9.97 Å². The molecule has 2 heterocycles. The molecule has 1 N–H and O–H groups in total. The molecule has 2 atom stereocenters. The summed E-state index contributed by atoms with van der Waals surface area (Å²) in [7, 11) is 0.